The molecular weight excluding hydrogens is 382 g/mol. The van der Waals surface area contributed by atoms with Gasteiger partial charge in [-0.3, -0.25) is 9.40 Å². The van der Waals surface area contributed by atoms with Crippen molar-refractivity contribution in [2.75, 3.05) is 4.72 Å². The van der Waals surface area contributed by atoms with Gasteiger partial charge in [0.2, 0.25) is 0 Å². The van der Waals surface area contributed by atoms with Crippen molar-refractivity contribution in [3.63, 3.8) is 0 Å². The van der Waals surface area contributed by atoms with Crippen molar-refractivity contribution in [1.29, 1.82) is 0 Å². The van der Waals surface area contributed by atoms with E-state index in [9.17, 15) is 17.2 Å². The van der Waals surface area contributed by atoms with Gasteiger partial charge in [-0.1, -0.05) is 11.6 Å². The Labute approximate surface area is 145 Å². The summed E-state index contributed by atoms with van der Waals surface area (Å²) < 4.78 is 55.6. The maximum Gasteiger partial charge on any atom is 0.284 e. The number of hydrogen-bond acceptors (Lipinski definition) is 5. The van der Waals surface area contributed by atoms with Crippen molar-refractivity contribution in [2.24, 2.45) is 7.05 Å². The van der Waals surface area contributed by atoms with Gasteiger partial charge in [-0.05, 0) is 25.1 Å². The number of aromatic nitrogens is 3. The van der Waals surface area contributed by atoms with Crippen LogP contribution in [-0.2, 0) is 17.1 Å². The van der Waals surface area contributed by atoms with Crippen LogP contribution in [0.2, 0.25) is 4.47 Å². The number of halogens is 3. The number of fused-ring (bicyclic) bond motifs is 1. The summed E-state index contributed by atoms with van der Waals surface area (Å²) in [5.41, 5.74) is -0.128. The molecule has 0 aliphatic heterocycles. The summed E-state index contributed by atoms with van der Waals surface area (Å²) in [6.07, 6.45) is -2.90. The molecular formula is C13H11ClF2N4O2S2. The van der Waals surface area contributed by atoms with Crippen LogP contribution in [0.25, 0.3) is 10.2 Å². The molecule has 1 N–H and O–H groups in total. The van der Waals surface area contributed by atoms with E-state index in [1.165, 1.54) is 42.1 Å². The number of aryl methyl sites for hydroxylation is 1. The van der Waals surface area contributed by atoms with Crippen LogP contribution in [0.3, 0.4) is 0 Å². The second-order valence-corrected chi connectivity index (χ2v) is 8.27. The molecule has 24 heavy (non-hydrogen) atoms. The molecule has 3 aromatic rings. The Morgan fingerprint density at radius 3 is 2.75 bits per heavy atom. The van der Waals surface area contributed by atoms with Crippen LogP contribution in [0.1, 0.15) is 17.8 Å². The summed E-state index contributed by atoms with van der Waals surface area (Å²) in [4.78, 5) is 3.92. The maximum absolute atomic E-state index is 13.1. The minimum absolute atomic E-state index is 0.0968. The Hall–Kier alpha value is -1.78. The average Bonchev–Trinajstić information content (AvgIpc) is 3.00. The highest BCUT2D eigenvalue weighted by Gasteiger charge is 2.25. The van der Waals surface area contributed by atoms with Gasteiger partial charge in [0.25, 0.3) is 16.4 Å². The second kappa shape index (κ2) is 5.94. The largest absolute Gasteiger partial charge is 0.284 e. The Morgan fingerprint density at radius 1 is 1.38 bits per heavy atom. The van der Waals surface area contributed by atoms with Gasteiger partial charge >= 0.3 is 0 Å². The van der Waals surface area contributed by atoms with Crippen LogP contribution in [0.5, 0.6) is 0 Å². The van der Waals surface area contributed by atoms with Crippen molar-refractivity contribution in [3.8, 4) is 0 Å². The van der Waals surface area contributed by atoms with E-state index >= 15 is 0 Å². The predicted molar refractivity (Wildman–Crippen MR) is 88.3 cm³/mol. The van der Waals surface area contributed by atoms with Gasteiger partial charge in [0.15, 0.2) is 10.2 Å². The van der Waals surface area contributed by atoms with Crippen LogP contribution < -0.4 is 4.72 Å². The zero-order valence-electron chi connectivity index (χ0n) is 12.4. The first-order chi connectivity index (χ1) is 11.2. The first-order valence-corrected chi connectivity index (χ1v) is 9.27. The Morgan fingerprint density at radius 2 is 2.08 bits per heavy atom. The van der Waals surface area contributed by atoms with Crippen molar-refractivity contribution in [3.05, 3.63) is 34.1 Å². The Bertz CT molecular complexity index is 1030. The van der Waals surface area contributed by atoms with Gasteiger partial charge in [0, 0.05) is 7.05 Å². The minimum Gasteiger partial charge on any atom is -0.276 e. The number of sulfonamides is 1. The van der Waals surface area contributed by atoms with Crippen molar-refractivity contribution in [2.45, 2.75) is 18.2 Å². The number of benzene rings is 1. The van der Waals surface area contributed by atoms with Gasteiger partial charge in [-0.15, -0.1) is 11.3 Å². The zero-order valence-corrected chi connectivity index (χ0v) is 14.8. The van der Waals surface area contributed by atoms with Crippen LogP contribution in [0, 0.1) is 6.92 Å². The van der Waals surface area contributed by atoms with E-state index < -0.39 is 22.1 Å². The molecule has 0 saturated carbocycles. The molecule has 0 spiro atoms. The molecule has 2 heterocycles. The highest BCUT2D eigenvalue weighted by Crippen LogP contribution is 2.32. The highest BCUT2D eigenvalue weighted by molar-refractivity contribution is 7.92. The van der Waals surface area contributed by atoms with E-state index in [-0.39, 0.29) is 20.7 Å². The third kappa shape index (κ3) is 2.96. The molecule has 11 heteroatoms. The summed E-state index contributed by atoms with van der Waals surface area (Å²) >= 11 is 7.02. The number of hydrogen-bond donors (Lipinski definition) is 1. The zero-order chi connectivity index (χ0) is 17.6. The van der Waals surface area contributed by atoms with E-state index in [1.54, 1.807) is 6.07 Å². The van der Waals surface area contributed by atoms with E-state index in [1.807, 2.05) is 0 Å². The van der Waals surface area contributed by atoms with E-state index in [2.05, 4.69) is 14.8 Å². The molecule has 6 nitrogen and oxygen atoms in total. The topological polar surface area (TPSA) is 76.9 Å². The lowest BCUT2D eigenvalue weighted by atomic mass is 10.3. The standard InChI is InChI=1S/C13H11ClF2N4O2S2/c1-6-10(11(12(15)16)18-20(6)2)19-24(21,22)7-3-4-9-8(5-7)17-13(14)23-9/h3-5,12,19H,1-2H3. The van der Waals surface area contributed by atoms with Crippen LogP contribution >= 0.6 is 22.9 Å². The van der Waals surface area contributed by atoms with Crippen LogP contribution in [0.4, 0.5) is 14.5 Å². The minimum atomic E-state index is -4.08. The normalized spacial score (nSPS) is 12.2. The third-order valence-electron chi connectivity index (χ3n) is 3.45. The van der Waals surface area contributed by atoms with Crippen LogP contribution in [0.15, 0.2) is 23.1 Å². The number of nitrogens with zero attached hydrogens (tertiary/aromatic N) is 3. The van der Waals surface area contributed by atoms with E-state index in [4.69, 9.17) is 11.6 Å². The molecule has 0 aliphatic carbocycles. The molecule has 0 fully saturated rings. The van der Waals surface area contributed by atoms with Gasteiger partial charge < -0.3 is 0 Å². The van der Waals surface area contributed by atoms with Crippen molar-refractivity contribution in [1.82, 2.24) is 14.8 Å². The summed E-state index contributed by atoms with van der Waals surface area (Å²) in [5.74, 6) is 0. The van der Waals surface area contributed by atoms with Crippen LogP contribution in [-0.4, -0.2) is 23.2 Å². The van der Waals surface area contributed by atoms with Crippen molar-refractivity contribution < 1.29 is 17.2 Å². The smallest absolute Gasteiger partial charge is 0.276 e. The molecule has 1 aromatic carbocycles. The van der Waals surface area contributed by atoms with E-state index in [0.29, 0.717) is 5.52 Å². The van der Waals surface area contributed by atoms with Gasteiger partial charge in [-0.2, -0.15) is 5.10 Å². The first kappa shape index (κ1) is 17.1. The summed E-state index contributed by atoms with van der Waals surface area (Å²) in [5, 5.41) is 3.65. The summed E-state index contributed by atoms with van der Waals surface area (Å²) in [6.45, 7) is 1.50. The number of thiazole rings is 1. The predicted octanol–water partition coefficient (Wildman–Crippen LogP) is 3.73. The molecule has 0 saturated heterocycles. The van der Waals surface area contributed by atoms with Gasteiger partial charge in [0.05, 0.1) is 26.5 Å². The molecule has 128 valence electrons. The van der Waals surface area contributed by atoms with Crippen molar-refractivity contribution >= 4 is 48.9 Å². The molecule has 0 amide bonds. The first-order valence-electron chi connectivity index (χ1n) is 6.59. The lowest BCUT2D eigenvalue weighted by Crippen LogP contribution is -2.14. The third-order valence-corrected chi connectivity index (χ3v) is 5.94. The number of anilines is 1. The molecule has 0 atom stereocenters. The molecule has 0 radical (unpaired) electrons. The number of nitrogens with one attached hydrogen (secondary N) is 1. The molecule has 3 rings (SSSR count). The monoisotopic (exact) mass is 392 g/mol. The molecule has 2 aromatic heterocycles. The fourth-order valence-corrected chi connectivity index (χ4v) is 4.32. The number of alkyl halides is 2. The fraction of sp³-hybridized carbons (Fsp3) is 0.231. The van der Waals surface area contributed by atoms with Gasteiger partial charge in [-0.25, -0.2) is 22.2 Å². The summed E-state index contributed by atoms with van der Waals surface area (Å²) in [6, 6.07) is 4.28. The Balaban J connectivity index is 2.04. The summed E-state index contributed by atoms with van der Waals surface area (Å²) in [7, 11) is -2.62. The maximum atomic E-state index is 13.1. The quantitative estimate of drug-likeness (QED) is 0.733. The number of rotatable bonds is 4. The lowest BCUT2D eigenvalue weighted by Gasteiger charge is -2.09. The average molecular weight is 393 g/mol. The molecule has 0 unspecified atom stereocenters. The second-order valence-electron chi connectivity index (χ2n) is 4.97. The van der Waals surface area contributed by atoms with E-state index in [0.717, 1.165) is 4.70 Å². The SMILES string of the molecule is Cc1c(NS(=O)(=O)c2ccc3sc(Cl)nc3c2)c(C(F)F)nn1C. The van der Waals surface area contributed by atoms with Gasteiger partial charge in [0.1, 0.15) is 0 Å². The fourth-order valence-electron chi connectivity index (χ4n) is 2.15. The lowest BCUT2D eigenvalue weighted by molar-refractivity contribution is 0.146. The highest BCUT2D eigenvalue weighted by atomic mass is 35.5. The molecule has 0 aliphatic rings. The molecule has 0 bridgehead atoms. The Kier molecular flexibility index (Phi) is 4.22.